The van der Waals surface area contributed by atoms with E-state index in [2.05, 4.69) is 14.9 Å². The third-order valence-electron chi connectivity index (χ3n) is 5.63. The van der Waals surface area contributed by atoms with Gasteiger partial charge in [-0.15, -0.1) is 0 Å². The van der Waals surface area contributed by atoms with Crippen molar-refractivity contribution in [1.29, 1.82) is 0 Å². The Balaban J connectivity index is 1.60. The fourth-order valence-electron chi connectivity index (χ4n) is 4.09. The van der Waals surface area contributed by atoms with Gasteiger partial charge in [-0.25, -0.2) is 4.98 Å². The van der Waals surface area contributed by atoms with Gasteiger partial charge in [0.2, 0.25) is 5.91 Å². The fraction of sp³-hybridized carbons (Fsp3) is 0.700. The van der Waals surface area contributed by atoms with E-state index in [1.807, 2.05) is 16.7 Å². The first kappa shape index (κ1) is 19.7. The van der Waals surface area contributed by atoms with Crippen LogP contribution in [0.5, 0.6) is 0 Å². The summed E-state index contributed by atoms with van der Waals surface area (Å²) in [6, 6.07) is 0.0865. The molecule has 0 radical (unpaired) electrons. The van der Waals surface area contributed by atoms with Crippen LogP contribution in [0.1, 0.15) is 55.2 Å². The molecule has 27 heavy (non-hydrogen) atoms. The first-order valence-electron chi connectivity index (χ1n) is 10.1. The Morgan fingerprint density at radius 3 is 2.56 bits per heavy atom. The summed E-state index contributed by atoms with van der Waals surface area (Å²) in [5, 5.41) is 0. The number of piperidine rings is 2. The second-order valence-corrected chi connectivity index (χ2v) is 7.70. The Labute approximate surface area is 161 Å². The maximum Gasteiger partial charge on any atom is 0.274 e. The molecule has 0 spiro atoms. The molecule has 148 valence electrons. The largest absolute Gasteiger partial charge is 0.337 e. The van der Waals surface area contributed by atoms with Crippen molar-refractivity contribution in [3.63, 3.8) is 0 Å². The molecule has 2 aliphatic rings. The molecule has 0 aromatic carbocycles. The number of rotatable bonds is 5. The average Bonchev–Trinajstić information content (AvgIpc) is 2.69. The second-order valence-electron chi connectivity index (χ2n) is 7.70. The molecular formula is C20H31N5O2. The van der Waals surface area contributed by atoms with Gasteiger partial charge < -0.3 is 14.7 Å². The number of aryl methyl sites for hydroxylation is 1. The van der Waals surface area contributed by atoms with Gasteiger partial charge >= 0.3 is 0 Å². The van der Waals surface area contributed by atoms with Crippen molar-refractivity contribution in [1.82, 2.24) is 24.7 Å². The van der Waals surface area contributed by atoms with Crippen LogP contribution in [0, 0.1) is 6.92 Å². The predicted octanol–water partition coefficient (Wildman–Crippen LogP) is 1.72. The summed E-state index contributed by atoms with van der Waals surface area (Å²) >= 11 is 0. The highest BCUT2D eigenvalue weighted by atomic mass is 16.2. The lowest BCUT2D eigenvalue weighted by molar-refractivity contribution is -0.132. The molecule has 2 fully saturated rings. The van der Waals surface area contributed by atoms with E-state index in [4.69, 9.17) is 0 Å². The van der Waals surface area contributed by atoms with Gasteiger partial charge in [0.05, 0.1) is 11.9 Å². The number of hydrogen-bond donors (Lipinski definition) is 0. The molecule has 1 atom stereocenters. The van der Waals surface area contributed by atoms with Crippen LogP contribution >= 0.6 is 0 Å². The molecule has 3 heterocycles. The summed E-state index contributed by atoms with van der Waals surface area (Å²) in [6.07, 6.45) is 8.84. The molecule has 2 saturated heterocycles. The van der Waals surface area contributed by atoms with Crippen LogP contribution < -0.4 is 0 Å². The lowest BCUT2D eigenvalue weighted by Gasteiger charge is -2.40. The molecule has 1 aromatic rings. The average molecular weight is 374 g/mol. The van der Waals surface area contributed by atoms with Crippen LogP contribution in [0.25, 0.3) is 0 Å². The third kappa shape index (κ3) is 5.25. The Morgan fingerprint density at radius 2 is 1.89 bits per heavy atom. The molecule has 7 nitrogen and oxygen atoms in total. The quantitative estimate of drug-likeness (QED) is 0.786. The number of carbonyl (C=O) groups is 2. The van der Waals surface area contributed by atoms with E-state index in [1.165, 1.54) is 19.3 Å². The second kappa shape index (κ2) is 9.26. The van der Waals surface area contributed by atoms with Gasteiger partial charge in [-0.2, -0.15) is 0 Å². The summed E-state index contributed by atoms with van der Waals surface area (Å²) in [7, 11) is 0. The van der Waals surface area contributed by atoms with Crippen molar-refractivity contribution < 1.29 is 9.59 Å². The van der Waals surface area contributed by atoms with Gasteiger partial charge in [-0.3, -0.25) is 14.6 Å². The van der Waals surface area contributed by atoms with Gasteiger partial charge in [0.25, 0.3) is 5.91 Å². The summed E-state index contributed by atoms with van der Waals surface area (Å²) in [4.78, 5) is 39.7. The van der Waals surface area contributed by atoms with Crippen LogP contribution in [-0.2, 0) is 4.79 Å². The highest BCUT2D eigenvalue weighted by Crippen LogP contribution is 2.18. The monoisotopic (exact) mass is 373 g/mol. The molecule has 3 rings (SSSR count). The highest BCUT2D eigenvalue weighted by molar-refractivity contribution is 5.92. The van der Waals surface area contributed by atoms with Crippen LogP contribution in [0.2, 0.25) is 0 Å². The first-order valence-corrected chi connectivity index (χ1v) is 10.1. The molecule has 0 saturated carbocycles. The van der Waals surface area contributed by atoms with Gasteiger partial charge in [-0.05, 0) is 45.7 Å². The topological polar surface area (TPSA) is 69.6 Å². The smallest absolute Gasteiger partial charge is 0.274 e. The number of nitrogens with zero attached hydrogens (tertiary/aromatic N) is 5. The van der Waals surface area contributed by atoms with E-state index < -0.39 is 0 Å². The van der Waals surface area contributed by atoms with Crippen molar-refractivity contribution in [2.75, 3.05) is 39.3 Å². The number of carbonyl (C=O) groups excluding carboxylic acids is 2. The van der Waals surface area contributed by atoms with Crippen molar-refractivity contribution in [2.45, 2.75) is 52.0 Å². The number of likely N-dealkylation sites (tertiary alicyclic amines) is 2. The Morgan fingerprint density at radius 1 is 1.11 bits per heavy atom. The Hall–Kier alpha value is -2.02. The molecule has 7 heteroatoms. The van der Waals surface area contributed by atoms with E-state index in [-0.39, 0.29) is 17.9 Å². The molecule has 2 amide bonds. The first-order chi connectivity index (χ1) is 13.0. The van der Waals surface area contributed by atoms with Gasteiger partial charge in [0.1, 0.15) is 5.69 Å². The Kier molecular flexibility index (Phi) is 6.77. The highest BCUT2D eigenvalue weighted by Gasteiger charge is 2.30. The lowest BCUT2D eigenvalue weighted by Crippen LogP contribution is -2.53. The molecule has 0 bridgehead atoms. The van der Waals surface area contributed by atoms with E-state index >= 15 is 0 Å². The summed E-state index contributed by atoms with van der Waals surface area (Å²) in [5.41, 5.74) is 1.17. The summed E-state index contributed by atoms with van der Waals surface area (Å²) < 4.78 is 0. The zero-order chi connectivity index (χ0) is 19.2. The molecular weight excluding hydrogens is 342 g/mol. The predicted molar refractivity (Wildman–Crippen MR) is 103 cm³/mol. The fourth-order valence-corrected chi connectivity index (χ4v) is 4.09. The SMILES string of the molecule is CC(=O)N(CCN1CCCCC1)C1CCCN(C(=O)c2cnc(C)cn2)C1. The zero-order valence-electron chi connectivity index (χ0n) is 16.6. The van der Waals surface area contributed by atoms with Gasteiger partial charge in [0, 0.05) is 45.3 Å². The van der Waals surface area contributed by atoms with E-state index in [9.17, 15) is 9.59 Å². The number of aromatic nitrogens is 2. The minimum atomic E-state index is -0.0910. The minimum Gasteiger partial charge on any atom is -0.337 e. The van der Waals surface area contributed by atoms with Crippen molar-refractivity contribution >= 4 is 11.8 Å². The maximum absolute atomic E-state index is 12.8. The number of hydrogen-bond acceptors (Lipinski definition) is 5. The van der Waals surface area contributed by atoms with E-state index in [0.29, 0.717) is 18.8 Å². The van der Waals surface area contributed by atoms with Crippen molar-refractivity contribution in [3.05, 3.63) is 23.8 Å². The van der Waals surface area contributed by atoms with Crippen molar-refractivity contribution in [2.24, 2.45) is 0 Å². The van der Waals surface area contributed by atoms with Gasteiger partial charge in [0.15, 0.2) is 0 Å². The van der Waals surface area contributed by atoms with Crippen LogP contribution in [0.15, 0.2) is 12.4 Å². The summed E-state index contributed by atoms with van der Waals surface area (Å²) in [5.74, 6) is 0.00756. The molecule has 0 N–H and O–H groups in total. The van der Waals surface area contributed by atoms with Crippen LogP contribution in [0.4, 0.5) is 0 Å². The van der Waals surface area contributed by atoms with Crippen molar-refractivity contribution in [3.8, 4) is 0 Å². The summed E-state index contributed by atoms with van der Waals surface area (Å²) in [6.45, 7) is 8.71. The number of amides is 2. The standard InChI is InChI=1S/C20H31N5O2/c1-16-13-22-19(14-21-16)20(27)24-10-6-7-18(15-24)25(17(2)26)12-11-23-8-4-3-5-9-23/h13-14,18H,3-12,15H2,1-2H3. The lowest BCUT2D eigenvalue weighted by atomic mass is 10.0. The third-order valence-corrected chi connectivity index (χ3v) is 5.63. The molecule has 2 aliphatic heterocycles. The molecule has 0 aliphatic carbocycles. The van der Waals surface area contributed by atoms with E-state index in [1.54, 1.807) is 19.3 Å². The van der Waals surface area contributed by atoms with Crippen LogP contribution in [0.3, 0.4) is 0 Å². The minimum absolute atomic E-state index is 0.0865. The van der Waals surface area contributed by atoms with Crippen LogP contribution in [-0.4, -0.2) is 81.8 Å². The zero-order valence-corrected chi connectivity index (χ0v) is 16.6. The van der Waals surface area contributed by atoms with Gasteiger partial charge in [-0.1, -0.05) is 6.42 Å². The molecule has 1 unspecified atom stereocenters. The normalized spacial score (nSPS) is 21.1. The van der Waals surface area contributed by atoms with E-state index in [0.717, 1.165) is 44.7 Å². The Bertz CT molecular complexity index is 642. The maximum atomic E-state index is 12.8. The molecule has 1 aromatic heterocycles.